The van der Waals surface area contributed by atoms with Gasteiger partial charge in [-0.3, -0.25) is 4.79 Å². The Hall–Kier alpha value is -0.960. The largest absolute Gasteiger partial charge is 0.378 e. The Labute approximate surface area is 122 Å². The van der Waals surface area contributed by atoms with Crippen LogP contribution < -0.4 is 10.5 Å². The Kier molecular flexibility index (Phi) is 5.14. The summed E-state index contributed by atoms with van der Waals surface area (Å²) < 4.78 is 27.8. The highest BCUT2D eigenvalue weighted by Gasteiger charge is 2.16. The van der Waals surface area contributed by atoms with E-state index in [1.807, 2.05) is 0 Å². The first-order valence-corrected chi connectivity index (χ1v) is 8.81. The van der Waals surface area contributed by atoms with Crippen LogP contribution in [0.25, 0.3) is 0 Å². The zero-order chi connectivity index (χ0) is 14.6. The summed E-state index contributed by atoms with van der Waals surface area (Å²) in [6.45, 7) is 1.39. The number of sulfonamides is 1. The highest BCUT2D eigenvalue weighted by atomic mass is 32.2. The second-order valence-electron chi connectivity index (χ2n) is 4.72. The topological polar surface area (TPSA) is 98.5 Å². The number of nitrogens with one attached hydrogen (secondary N) is 1. The molecule has 20 heavy (non-hydrogen) atoms. The van der Waals surface area contributed by atoms with Crippen molar-refractivity contribution in [1.29, 1.82) is 0 Å². The Balaban J connectivity index is 1.75. The highest BCUT2D eigenvalue weighted by Crippen LogP contribution is 2.20. The SMILES string of the molecule is NS(=O)(=O)c1ccc(CC(=O)NCCC2CCCO2)s1. The fraction of sp³-hybridized carbons (Fsp3) is 0.583. The lowest BCUT2D eigenvalue weighted by atomic mass is 10.2. The number of hydrogen-bond acceptors (Lipinski definition) is 5. The van der Waals surface area contributed by atoms with E-state index in [-0.39, 0.29) is 22.6 Å². The molecule has 0 aliphatic carbocycles. The van der Waals surface area contributed by atoms with E-state index in [9.17, 15) is 13.2 Å². The van der Waals surface area contributed by atoms with Crippen molar-refractivity contribution in [3.8, 4) is 0 Å². The third-order valence-corrected chi connectivity index (χ3v) is 5.59. The molecule has 0 spiro atoms. The van der Waals surface area contributed by atoms with E-state index in [1.54, 1.807) is 6.07 Å². The molecule has 0 saturated carbocycles. The fourth-order valence-electron chi connectivity index (χ4n) is 2.07. The van der Waals surface area contributed by atoms with Gasteiger partial charge in [0.05, 0.1) is 12.5 Å². The minimum absolute atomic E-state index is 0.0830. The molecule has 0 bridgehead atoms. The van der Waals surface area contributed by atoms with Crippen LogP contribution in [0.2, 0.25) is 0 Å². The zero-order valence-corrected chi connectivity index (χ0v) is 12.6. The molecule has 8 heteroatoms. The van der Waals surface area contributed by atoms with Gasteiger partial charge in [0.1, 0.15) is 4.21 Å². The predicted molar refractivity (Wildman–Crippen MR) is 76.0 cm³/mol. The van der Waals surface area contributed by atoms with Crippen LogP contribution in [0.3, 0.4) is 0 Å². The molecule has 0 radical (unpaired) electrons. The van der Waals surface area contributed by atoms with Gasteiger partial charge in [-0.15, -0.1) is 11.3 Å². The van der Waals surface area contributed by atoms with Crippen molar-refractivity contribution in [1.82, 2.24) is 5.32 Å². The first-order chi connectivity index (χ1) is 9.45. The van der Waals surface area contributed by atoms with Gasteiger partial charge in [-0.1, -0.05) is 0 Å². The molecule has 1 unspecified atom stereocenters. The van der Waals surface area contributed by atoms with Crippen molar-refractivity contribution in [2.45, 2.75) is 36.0 Å². The van der Waals surface area contributed by atoms with E-state index >= 15 is 0 Å². The van der Waals surface area contributed by atoms with Gasteiger partial charge in [0.25, 0.3) is 0 Å². The molecule has 1 aliphatic rings. The van der Waals surface area contributed by atoms with Gasteiger partial charge >= 0.3 is 0 Å². The molecule has 0 aromatic carbocycles. The summed E-state index contributed by atoms with van der Waals surface area (Å²) in [7, 11) is -3.68. The minimum Gasteiger partial charge on any atom is -0.378 e. The van der Waals surface area contributed by atoms with Gasteiger partial charge in [-0.2, -0.15) is 0 Å². The predicted octanol–water partition coefficient (Wildman–Crippen LogP) is 0.623. The smallest absolute Gasteiger partial charge is 0.247 e. The number of thiophene rings is 1. The number of amides is 1. The summed E-state index contributed by atoms with van der Waals surface area (Å²) in [5.74, 6) is -0.120. The van der Waals surface area contributed by atoms with Crippen molar-refractivity contribution in [3.05, 3.63) is 17.0 Å². The van der Waals surface area contributed by atoms with Crippen LogP contribution in [0.5, 0.6) is 0 Å². The number of primary sulfonamides is 1. The first-order valence-electron chi connectivity index (χ1n) is 6.45. The Morgan fingerprint density at radius 2 is 2.30 bits per heavy atom. The van der Waals surface area contributed by atoms with Gasteiger partial charge < -0.3 is 10.1 Å². The van der Waals surface area contributed by atoms with Crippen molar-refractivity contribution in [3.63, 3.8) is 0 Å². The van der Waals surface area contributed by atoms with Crippen LogP contribution in [0.1, 0.15) is 24.1 Å². The van der Waals surface area contributed by atoms with Gasteiger partial charge in [0.15, 0.2) is 0 Å². The third-order valence-electron chi connectivity index (χ3n) is 3.06. The average Bonchev–Trinajstić information content (AvgIpc) is 2.98. The van der Waals surface area contributed by atoms with Crippen LogP contribution >= 0.6 is 11.3 Å². The van der Waals surface area contributed by atoms with Crippen molar-refractivity contribution in [2.24, 2.45) is 5.14 Å². The molecule has 3 N–H and O–H groups in total. The van der Waals surface area contributed by atoms with Crippen molar-refractivity contribution in [2.75, 3.05) is 13.2 Å². The minimum atomic E-state index is -3.68. The first kappa shape index (κ1) is 15.4. The molecular weight excluding hydrogens is 300 g/mol. The number of carbonyl (C=O) groups excluding carboxylic acids is 1. The quantitative estimate of drug-likeness (QED) is 0.803. The molecule has 1 fully saturated rings. The number of rotatable bonds is 6. The van der Waals surface area contributed by atoms with E-state index in [0.29, 0.717) is 11.4 Å². The number of hydrogen-bond donors (Lipinski definition) is 2. The van der Waals surface area contributed by atoms with Crippen LogP contribution in [0.4, 0.5) is 0 Å². The highest BCUT2D eigenvalue weighted by molar-refractivity contribution is 7.91. The second kappa shape index (κ2) is 6.66. The molecule has 1 aromatic heterocycles. The molecule has 1 aromatic rings. The Morgan fingerprint density at radius 3 is 2.90 bits per heavy atom. The molecule has 1 amide bonds. The lowest BCUT2D eigenvalue weighted by Gasteiger charge is -2.09. The maximum Gasteiger partial charge on any atom is 0.247 e. The van der Waals surface area contributed by atoms with Gasteiger partial charge in [-0.05, 0) is 31.4 Å². The number of nitrogens with two attached hydrogens (primary N) is 1. The standard InChI is InChI=1S/C12H18N2O4S2/c13-20(16,17)12-4-3-10(19-12)8-11(15)14-6-5-9-2-1-7-18-9/h3-4,9H,1-2,5-8H2,(H,14,15)(H2,13,16,17). The zero-order valence-electron chi connectivity index (χ0n) is 11.0. The van der Waals surface area contributed by atoms with E-state index in [4.69, 9.17) is 9.88 Å². The van der Waals surface area contributed by atoms with E-state index in [1.165, 1.54) is 6.07 Å². The molecular formula is C12H18N2O4S2. The van der Waals surface area contributed by atoms with Gasteiger partial charge in [0, 0.05) is 18.0 Å². The maximum atomic E-state index is 11.7. The number of carbonyl (C=O) groups is 1. The van der Waals surface area contributed by atoms with E-state index < -0.39 is 10.0 Å². The average molecular weight is 318 g/mol. The van der Waals surface area contributed by atoms with E-state index in [0.717, 1.165) is 37.2 Å². The lowest BCUT2D eigenvalue weighted by Crippen LogP contribution is -2.28. The van der Waals surface area contributed by atoms with Crippen LogP contribution in [0, 0.1) is 0 Å². The van der Waals surface area contributed by atoms with Gasteiger partial charge in [-0.25, -0.2) is 13.6 Å². The van der Waals surface area contributed by atoms with Crippen LogP contribution in [0.15, 0.2) is 16.3 Å². The second-order valence-corrected chi connectivity index (χ2v) is 7.67. The summed E-state index contributed by atoms with van der Waals surface area (Å²) in [6.07, 6.45) is 3.39. The molecule has 2 rings (SSSR count). The van der Waals surface area contributed by atoms with Crippen molar-refractivity contribution < 1.29 is 17.9 Å². The summed E-state index contributed by atoms with van der Waals surface area (Å²) in [5.41, 5.74) is 0. The monoisotopic (exact) mass is 318 g/mol. The molecule has 1 atom stereocenters. The molecule has 6 nitrogen and oxygen atoms in total. The summed E-state index contributed by atoms with van der Waals surface area (Å²) in [4.78, 5) is 12.4. The van der Waals surface area contributed by atoms with Crippen molar-refractivity contribution >= 4 is 27.3 Å². The van der Waals surface area contributed by atoms with Gasteiger partial charge in [0.2, 0.25) is 15.9 Å². The molecule has 1 aliphatic heterocycles. The Morgan fingerprint density at radius 1 is 1.50 bits per heavy atom. The summed E-state index contributed by atoms with van der Waals surface area (Å²) >= 11 is 1.03. The maximum absolute atomic E-state index is 11.7. The summed E-state index contributed by atoms with van der Waals surface area (Å²) in [6, 6.07) is 3.04. The lowest BCUT2D eigenvalue weighted by molar-refractivity contribution is -0.120. The molecule has 2 heterocycles. The number of ether oxygens (including phenoxy) is 1. The third kappa shape index (κ3) is 4.55. The molecule has 112 valence electrons. The molecule has 1 saturated heterocycles. The fourth-order valence-corrected chi connectivity index (χ4v) is 3.85. The summed E-state index contributed by atoms with van der Waals surface area (Å²) in [5, 5.41) is 7.83. The Bertz CT molecular complexity index is 562. The van der Waals surface area contributed by atoms with Crippen LogP contribution in [-0.2, 0) is 26.0 Å². The van der Waals surface area contributed by atoms with Crippen LogP contribution in [-0.4, -0.2) is 33.6 Å². The normalized spacial score (nSPS) is 19.1. The van der Waals surface area contributed by atoms with E-state index in [2.05, 4.69) is 5.32 Å².